The highest BCUT2D eigenvalue weighted by Crippen LogP contribution is 2.18. The molecule has 0 aliphatic rings. The van der Waals surface area contributed by atoms with Crippen LogP contribution in [0.5, 0.6) is 0 Å². The predicted molar refractivity (Wildman–Crippen MR) is 102 cm³/mol. The number of aryl methyl sites for hydroxylation is 2. The molecule has 0 aliphatic carbocycles. The third-order valence-corrected chi connectivity index (χ3v) is 4.24. The number of benzene rings is 2. The Hall–Kier alpha value is -2.73. The monoisotopic (exact) mass is 352 g/mol. The van der Waals surface area contributed by atoms with Crippen LogP contribution in [0.4, 0.5) is 5.69 Å². The maximum atomic E-state index is 12.2. The van der Waals surface area contributed by atoms with E-state index >= 15 is 0 Å². The average molecular weight is 352 g/mol. The van der Waals surface area contributed by atoms with Crippen LogP contribution in [0.15, 0.2) is 48.5 Å². The minimum absolute atomic E-state index is 0.0523. The van der Waals surface area contributed by atoms with Crippen LogP contribution in [-0.2, 0) is 11.3 Å². The molecule has 0 atom stereocenters. The van der Waals surface area contributed by atoms with Crippen molar-refractivity contribution < 1.29 is 4.79 Å². The Morgan fingerprint density at radius 3 is 2.64 bits per heavy atom. The van der Waals surface area contributed by atoms with Crippen LogP contribution < -0.4 is 5.32 Å². The van der Waals surface area contributed by atoms with Crippen LogP contribution in [-0.4, -0.2) is 20.7 Å². The van der Waals surface area contributed by atoms with Crippen molar-refractivity contribution in [1.82, 2.24) is 14.8 Å². The molecule has 0 bridgehead atoms. The summed E-state index contributed by atoms with van der Waals surface area (Å²) in [6, 6.07) is 15.8. The highest BCUT2D eigenvalue weighted by molar-refractivity contribution is 7.71. The Labute approximate surface area is 151 Å². The number of hydrogen-bond donors (Lipinski definition) is 2. The summed E-state index contributed by atoms with van der Waals surface area (Å²) in [6.07, 6.45) is 0.320. The summed E-state index contributed by atoms with van der Waals surface area (Å²) < 4.78 is 2.37. The van der Waals surface area contributed by atoms with Gasteiger partial charge in [0.2, 0.25) is 5.91 Å². The van der Waals surface area contributed by atoms with Crippen LogP contribution in [0.25, 0.3) is 11.4 Å². The summed E-state index contributed by atoms with van der Waals surface area (Å²) in [6.45, 7) is 4.50. The molecule has 0 spiro atoms. The summed E-state index contributed by atoms with van der Waals surface area (Å²) in [7, 11) is 0. The van der Waals surface area contributed by atoms with E-state index in [4.69, 9.17) is 12.2 Å². The minimum Gasteiger partial charge on any atom is -0.326 e. The summed E-state index contributed by atoms with van der Waals surface area (Å²) in [4.78, 5) is 12.2. The van der Waals surface area contributed by atoms with E-state index in [1.807, 2.05) is 66.9 Å². The molecule has 5 nitrogen and oxygen atoms in total. The van der Waals surface area contributed by atoms with Gasteiger partial charge < -0.3 is 5.32 Å². The molecule has 0 saturated heterocycles. The van der Waals surface area contributed by atoms with Gasteiger partial charge in [-0.2, -0.15) is 5.10 Å². The van der Waals surface area contributed by atoms with Crippen molar-refractivity contribution in [2.24, 2.45) is 0 Å². The lowest BCUT2D eigenvalue weighted by Crippen LogP contribution is -2.15. The van der Waals surface area contributed by atoms with Crippen molar-refractivity contribution >= 4 is 23.8 Å². The van der Waals surface area contributed by atoms with Crippen molar-refractivity contribution in [2.75, 3.05) is 5.32 Å². The molecular weight excluding hydrogens is 332 g/mol. The van der Waals surface area contributed by atoms with E-state index in [1.165, 1.54) is 5.56 Å². The smallest absolute Gasteiger partial charge is 0.226 e. The van der Waals surface area contributed by atoms with Crippen molar-refractivity contribution in [3.8, 4) is 11.4 Å². The van der Waals surface area contributed by atoms with E-state index < -0.39 is 0 Å². The van der Waals surface area contributed by atoms with Gasteiger partial charge in [-0.3, -0.25) is 14.5 Å². The molecule has 3 aromatic rings. The van der Waals surface area contributed by atoms with Crippen LogP contribution in [0.3, 0.4) is 0 Å². The van der Waals surface area contributed by atoms with Crippen molar-refractivity contribution in [1.29, 1.82) is 0 Å². The second-order valence-corrected chi connectivity index (χ2v) is 6.42. The SMILES string of the molecule is Cc1ccc(-c2n[nH]c(=S)n2CCC(=O)Nc2cccc(C)c2)cc1. The van der Waals surface area contributed by atoms with Crippen molar-refractivity contribution in [3.05, 3.63) is 64.4 Å². The molecule has 0 radical (unpaired) electrons. The van der Waals surface area contributed by atoms with Crippen molar-refractivity contribution in [3.63, 3.8) is 0 Å². The number of carbonyl (C=O) groups is 1. The van der Waals surface area contributed by atoms with Crippen LogP contribution in [0.2, 0.25) is 0 Å². The molecule has 2 N–H and O–H groups in total. The molecule has 1 heterocycles. The summed E-state index contributed by atoms with van der Waals surface area (Å²) in [5, 5.41) is 10.0. The van der Waals surface area contributed by atoms with Gasteiger partial charge in [-0.15, -0.1) is 0 Å². The van der Waals surface area contributed by atoms with Crippen LogP contribution >= 0.6 is 12.2 Å². The fourth-order valence-corrected chi connectivity index (χ4v) is 2.83. The van der Waals surface area contributed by atoms with E-state index in [-0.39, 0.29) is 5.91 Å². The van der Waals surface area contributed by atoms with Gasteiger partial charge in [0.05, 0.1) is 0 Å². The number of amides is 1. The van der Waals surface area contributed by atoms with Gasteiger partial charge in [0.1, 0.15) is 0 Å². The number of nitrogens with zero attached hydrogens (tertiary/aromatic N) is 2. The fourth-order valence-electron chi connectivity index (χ4n) is 2.61. The molecule has 0 fully saturated rings. The normalized spacial score (nSPS) is 10.6. The Bertz CT molecular complexity index is 941. The third-order valence-electron chi connectivity index (χ3n) is 3.93. The van der Waals surface area contributed by atoms with Gasteiger partial charge in [-0.1, -0.05) is 42.0 Å². The Balaban J connectivity index is 1.71. The number of aromatic amines is 1. The van der Waals surface area contributed by atoms with Crippen molar-refractivity contribution in [2.45, 2.75) is 26.8 Å². The highest BCUT2D eigenvalue weighted by atomic mass is 32.1. The number of aromatic nitrogens is 3. The third kappa shape index (κ3) is 4.22. The number of H-pyrrole nitrogens is 1. The van der Waals surface area contributed by atoms with Gasteiger partial charge >= 0.3 is 0 Å². The predicted octanol–water partition coefficient (Wildman–Crippen LogP) is 4.25. The summed E-state index contributed by atoms with van der Waals surface area (Å²) in [5.74, 6) is 0.692. The van der Waals surface area contributed by atoms with E-state index in [0.717, 1.165) is 22.6 Å². The number of nitrogens with one attached hydrogen (secondary N) is 2. The molecule has 2 aromatic carbocycles. The lowest BCUT2D eigenvalue weighted by atomic mass is 10.1. The topological polar surface area (TPSA) is 62.7 Å². The molecule has 6 heteroatoms. The zero-order chi connectivity index (χ0) is 17.8. The second-order valence-electron chi connectivity index (χ2n) is 6.04. The maximum absolute atomic E-state index is 12.2. The molecule has 3 rings (SSSR count). The van der Waals surface area contributed by atoms with Gasteiger partial charge in [0.25, 0.3) is 0 Å². The quantitative estimate of drug-likeness (QED) is 0.675. The number of carbonyl (C=O) groups excluding carboxylic acids is 1. The van der Waals surface area contributed by atoms with E-state index in [2.05, 4.69) is 15.5 Å². The zero-order valence-electron chi connectivity index (χ0n) is 14.2. The standard InChI is InChI=1S/C19H20N4OS/c1-13-6-8-15(9-7-13)18-21-22-19(25)23(18)11-10-17(24)20-16-5-3-4-14(2)12-16/h3-9,12H,10-11H2,1-2H3,(H,20,24)(H,22,25). The van der Waals surface area contributed by atoms with E-state index in [1.54, 1.807) is 0 Å². The van der Waals surface area contributed by atoms with E-state index in [9.17, 15) is 4.79 Å². The van der Waals surface area contributed by atoms with Gasteiger partial charge in [-0.05, 0) is 43.8 Å². The van der Waals surface area contributed by atoms with E-state index in [0.29, 0.717) is 17.7 Å². The largest absolute Gasteiger partial charge is 0.326 e. The molecule has 1 amide bonds. The zero-order valence-corrected chi connectivity index (χ0v) is 15.1. The molecule has 0 saturated carbocycles. The summed E-state index contributed by atoms with van der Waals surface area (Å²) in [5.41, 5.74) is 4.06. The first-order valence-corrected chi connectivity index (χ1v) is 8.52. The van der Waals surface area contributed by atoms with Crippen LogP contribution in [0, 0.1) is 18.6 Å². The average Bonchev–Trinajstić information content (AvgIpc) is 2.94. The van der Waals surface area contributed by atoms with Crippen LogP contribution in [0.1, 0.15) is 17.5 Å². The first-order valence-electron chi connectivity index (χ1n) is 8.12. The first-order chi connectivity index (χ1) is 12.0. The lowest BCUT2D eigenvalue weighted by molar-refractivity contribution is -0.116. The van der Waals surface area contributed by atoms with Gasteiger partial charge in [-0.25, -0.2) is 0 Å². The number of anilines is 1. The molecule has 25 heavy (non-hydrogen) atoms. The highest BCUT2D eigenvalue weighted by Gasteiger charge is 2.11. The van der Waals surface area contributed by atoms with Gasteiger partial charge in [0, 0.05) is 24.2 Å². The van der Waals surface area contributed by atoms with Gasteiger partial charge in [0.15, 0.2) is 10.6 Å². The Kier molecular flexibility index (Phi) is 5.09. The second kappa shape index (κ2) is 7.44. The molecule has 0 unspecified atom stereocenters. The molecular formula is C19H20N4OS. The minimum atomic E-state index is -0.0523. The Morgan fingerprint density at radius 2 is 1.92 bits per heavy atom. The lowest BCUT2D eigenvalue weighted by Gasteiger charge is -2.09. The number of hydrogen-bond acceptors (Lipinski definition) is 3. The maximum Gasteiger partial charge on any atom is 0.226 e. The Morgan fingerprint density at radius 1 is 1.16 bits per heavy atom. The first kappa shape index (κ1) is 17.1. The molecule has 0 aliphatic heterocycles. The molecule has 1 aromatic heterocycles. The fraction of sp³-hybridized carbons (Fsp3) is 0.211. The number of rotatable bonds is 5. The summed E-state index contributed by atoms with van der Waals surface area (Å²) >= 11 is 5.31. The molecule has 128 valence electrons.